The van der Waals surface area contributed by atoms with Gasteiger partial charge in [-0.25, -0.2) is 0 Å². The van der Waals surface area contributed by atoms with E-state index in [4.69, 9.17) is 9.47 Å². The summed E-state index contributed by atoms with van der Waals surface area (Å²) < 4.78 is 11.1. The number of hydrogen-bond donors (Lipinski definition) is 7. The summed E-state index contributed by atoms with van der Waals surface area (Å²) in [6.45, 7) is 3.52. The molecule has 10 heteroatoms. The molecule has 61 heavy (non-hydrogen) atoms. The predicted molar refractivity (Wildman–Crippen MR) is 250 cm³/mol. The molecule has 0 saturated carbocycles. The van der Waals surface area contributed by atoms with E-state index in [1.807, 2.05) is 6.08 Å². The van der Waals surface area contributed by atoms with Gasteiger partial charge in [-0.3, -0.25) is 4.79 Å². The number of hydrogen-bond acceptors (Lipinski definition) is 9. The average molecular weight is 866 g/mol. The summed E-state index contributed by atoms with van der Waals surface area (Å²) >= 11 is 0. The molecule has 10 nitrogen and oxygen atoms in total. The summed E-state index contributed by atoms with van der Waals surface area (Å²) in [4.78, 5) is 13.0. The van der Waals surface area contributed by atoms with E-state index < -0.39 is 61.5 Å². The maximum atomic E-state index is 13.0. The molecule has 7 N–H and O–H groups in total. The number of carbonyl (C=O) groups is 1. The van der Waals surface area contributed by atoms with Crippen LogP contribution >= 0.6 is 0 Å². The molecule has 0 aliphatic carbocycles. The molecule has 1 heterocycles. The van der Waals surface area contributed by atoms with E-state index in [9.17, 15) is 35.4 Å². The largest absolute Gasteiger partial charge is 0.394 e. The number of aliphatic hydroxyl groups excluding tert-OH is 6. The molecule has 8 atom stereocenters. The standard InChI is InChI=1S/C51H95NO9/c1-3-5-7-9-11-13-15-16-17-18-19-20-21-22-23-24-25-26-27-28-30-32-34-36-38-40-45(55)50(59)52-43(42-60-51-49(58)48(57)47(56)46(41-53)61-51)44(54)39-37-35-33-31-29-14-12-10-8-6-4-2/h8,10,29,31,37,39,43-49,51,53-58H,3-7,9,11-28,30,32-36,38,40-42H2,1-2H3,(H,52,59)/b10-8+,31-29+,39-37+. The second-order valence-corrected chi connectivity index (χ2v) is 17.7. The minimum Gasteiger partial charge on any atom is -0.394 e. The van der Waals surface area contributed by atoms with E-state index in [2.05, 4.69) is 43.5 Å². The minimum atomic E-state index is -1.62. The van der Waals surface area contributed by atoms with E-state index in [1.54, 1.807) is 6.08 Å². The Bertz CT molecular complexity index is 1070. The van der Waals surface area contributed by atoms with Crippen molar-refractivity contribution in [2.45, 2.75) is 268 Å². The Balaban J connectivity index is 2.25. The van der Waals surface area contributed by atoms with Crippen molar-refractivity contribution >= 4 is 5.91 Å². The molecule has 0 radical (unpaired) electrons. The molecule has 0 aromatic carbocycles. The molecular weight excluding hydrogens is 771 g/mol. The van der Waals surface area contributed by atoms with Crippen molar-refractivity contribution in [3.8, 4) is 0 Å². The van der Waals surface area contributed by atoms with E-state index in [0.717, 1.165) is 51.4 Å². The van der Waals surface area contributed by atoms with Crippen molar-refractivity contribution in [2.24, 2.45) is 0 Å². The topological polar surface area (TPSA) is 169 Å². The van der Waals surface area contributed by atoms with Gasteiger partial charge in [0.25, 0.3) is 0 Å². The first-order valence-electron chi connectivity index (χ1n) is 25.3. The Kier molecular flexibility index (Phi) is 38.7. The van der Waals surface area contributed by atoms with Gasteiger partial charge in [0.2, 0.25) is 5.91 Å². The van der Waals surface area contributed by atoms with Crippen LogP contribution in [0.2, 0.25) is 0 Å². The Labute approximate surface area is 373 Å². The van der Waals surface area contributed by atoms with Gasteiger partial charge in [0.15, 0.2) is 6.29 Å². The Morgan fingerprint density at radius 3 is 1.39 bits per heavy atom. The van der Waals surface area contributed by atoms with Gasteiger partial charge in [-0.2, -0.15) is 0 Å². The maximum Gasteiger partial charge on any atom is 0.249 e. The zero-order chi connectivity index (χ0) is 44.6. The summed E-state index contributed by atoms with van der Waals surface area (Å²) in [5.41, 5.74) is 0. The predicted octanol–water partition coefficient (Wildman–Crippen LogP) is 10.2. The lowest BCUT2D eigenvalue weighted by molar-refractivity contribution is -0.302. The molecule has 358 valence electrons. The minimum absolute atomic E-state index is 0.304. The molecule has 1 aliphatic heterocycles. The van der Waals surface area contributed by atoms with E-state index in [-0.39, 0.29) is 6.61 Å². The highest BCUT2D eigenvalue weighted by atomic mass is 16.7. The molecule has 1 fully saturated rings. The number of carbonyl (C=O) groups excluding carboxylic acids is 1. The molecule has 0 spiro atoms. The van der Waals surface area contributed by atoms with E-state index in [0.29, 0.717) is 19.3 Å². The van der Waals surface area contributed by atoms with Gasteiger partial charge in [-0.05, 0) is 38.5 Å². The number of unbranched alkanes of at least 4 members (excludes halogenated alkanes) is 27. The van der Waals surface area contributed by atoms with Crippen molar-refractivity contribution in [3.63, 3.8) is 0 Å². The highest BCUT2D eigenvalue weighted by Crippen LogP contribution is 2.23. The fraction of sp³-hybridized carbons (Fsp3) is 0.863. The van der Waals surface area contributed by atoms with Crippen LogP contribution in [0.15, 0.2) is 36.5 Å². The third kappa shape index (κ3) is 31.0. The lowest BCUT2D eigenvalue weighted by Crippen LogP contribution is -2.60. The van der Waals surface area contributed by atoms with Gasteiger partial charge in [0.1, 0.15) is 30.5 Å². The molecule has 8 unspecified atom stereocenters. The number of amides is 1. The highest BCUT2D eigenvalue weighted by Gasteiger charge is 2.44. The SMILES string of the molecule is CCC/C=C/CC/C=C/CC/C=C/C(O)C(COC1OC(CO)C(O)C(O)C1O)NC(=O)C(O)CCCCCCCCCCCCCCCCCCCCCCCCCCC. The third-order valence-electron chi connectivity index (χ3n) is 12.0. The monoisotopic (exact) mass is 866 g/mol. The van der Waals surface area contributed by atoms with Gasteiger partial charge in [-0.15, -0.1) is 0 Å². The Hall–Kier alpha value is -1.63. The zero-order valence-electron chi connectivity index (χ0n) is 39.0. The number of aliphatic hydroxyl groups is 6. The summed E-state index contributed by atoms with van der Waals surface area (Å²) in [7, 11) is 0. The Morgan fingerprint density at radius 1 is 0.557 bits per heavy atom. The summed E-state index contributed by atoms with van der Waals surface area (Å²) in [5, 5.41) is 64.6. The third-order valence-corrected chi connectivity index (χ3v) is 12.0. The van der Waals surface area contributed by atoms with Gasteiger partial charge in [0, 0.05) is 0 Å². The Morgan fingerprint density at radius 2 is 0.967 bits per heavy atom. The number of ether oxygens (including phenoxy) is 2. The first-order chi connectivity index (χ1) is 29.8. The first-order valence-corrected chi connectivity index (χ1v) is 25.3. The molecule has 1 aliphatic rings. The average Bonchev–Trinajstić information content (AvgIpc) is 3.26. The lowest BCUT2D eigenvalue weighted by Gasteiger charge is -2.40. The second kappa shape index (κ2) is 41.1. The van der Waals surface area contributed by atoms with Crippen LogP contribution in [0, 0.1) is 0 Å². The van der Waals surface area contributed by atoms with E-state index >= 15 is 0 Å². The molecule has 1 amide bonds. The summed E-state index contributed by atoms with van der Waals surface area (Å²) in [6, 6.07) is -1.000. The lowest BCUT2D eigenvalue weighted by atomic mass is 9.99. The van der Waals surface area contributed by atoms with Gasteiger partial charge in [0.05, 0.1) is 25.4 Å². The highest BCUT2D eigenvalue weighted by molar-refractivity contribution is 5.80. The molecule has 0 bridgehead atoms. The molecule has 0 aromatic heterocycles. The zero-order valence-corrected chi connectivity index (χ0v) is 39.0. The van der Waals surface area contributed by atoms with Gasteiger partial charge in [-0.1, -0.05) is 217 Å². The normalized spacial score (nSPS) is 21.2. The van der Waals surface area contributed by atoms with Crippen molar-refractivity contribution in [2.75, 3.05) is 13.2 Å². The van der Waals surface area contributed by atoms with Crippen LogP contribution in [0.5, 0.6) is 0 Å². The van der Waals surface area contributed by atoms with Crippen molar-refractivity contribution in [1.82, 2.24) is 5.32 Å². The van der Waals surface area contributed by atoms with Crippen molar-refractivity contribution < 1.29 is 44.9 Å². The first kappa shape index (κ1) is 57.4. The van der Waals surface area contributed by atoms with Gasteiger partial charge >= 0.3 is 0 Å². The summed E-state index contributed by atoms with van der Waals surface area (Å²) in [6.07, 6.45) is 41.2. The quantitative estimate of drug-likeness (QED) is 0.0233. The number of rotatable bonds is 42. The maximum absolute atomic E-state index is 13.0. The fourth-order valence-corrected chi connectivity index (χ4v) is 7.91. The smallest absolute Gasteiger partial charge is 0.249 e. The second-order valence-electron chi connectivity index (χ2n) is 17.7. The number of allylic oxidation sites excluding steroid dienone is 5. The van der Waals surface area contributed by atoms with Crippen LogP contribution in [-0.2, 0) is 14.3 Å². The van der Waals surface area contributed by atoms with E-state index in [1.165, 1.54) is 135 Å². The van der Waals surface area contributed by atoms with Crippen LogP contribution in [0.25, 0.3) is 0 Å². The molecule has 1 rings (SSSR count). The van der Waals surface area contributed by atoms with Crippen LogP contribution in [0.1, 0.15) is 219 Å². The van der Waals surface area contributed by atoms with Crippen LogP contribution in [-0.4, -0.2) is 98.7 Å². The van der Waals surface area contributed by atoms with Crippen LogP contribution < -0.4 is 5.32 Å². The number of nitrogens with one attached hydrogen (secondary N) is 1. The fourth-order valence-electron chi connectivity index (χ4n) is 7.91. The van der Waals surface area contributed by atoms with Crippen LogP contribution in [0.4, 0.5) is 0 Å². The molecule has 0 aromatic rings. The van der Waals surface area contributed by atoms with Crippen LogP contribution in [0.3, 0.4) is 0 Å². The molecule has 1 saturated heterocycles. The molecular formula is C51H95NO9. The summed E-state index contributed by atoms with van der Waals surface area (Å²) in [5.74, 6) is -0.630. The van der Waals surface area contributed by atoms with Gasteiger partial charge < -0.3 is 45.4 Å². The van der Waals surface area contributed by atoms with Crippen molar-refractivity contribution in [3.05, 3.63) is 36.5 Å². The van der Waals surface area contributed by atoms with Crippen molar-refractivity contribution in [1.29, 1.82) is 0 Å².